The Kier molecular flexibility index (Phi) is 5.27. The van der Waals surface area contributed by atoms with Gasteiger partial charge in [-0.2, -0.15) is 0 Å². The number of hydrogen-bond donors (Lipinski definition) is 3. The molecule has 0 aromatic carbocycles. The van der Waals surface area contributed by atoms with Gasteiger partial charge in [0.1, 0.15) is 12.2 Å². The lowest BCUT2D eigenvalue weighted by molar-refractivity contribution is -0.137. The zero-order valence-corrected chi connectivity index (χ0v) is 12.0. The SMILES string of the molecule is O=C(O)Cn1cc(CNC(=O)NCCc2cccs2)nn1. The highest BCUT2D eigenvalue weighted by Gasteiger charge is 2.06. The van der Waals surface area contributed by atoms with Gasteiger partial charge in [-0.1, -0.05) is 11.3 Å². The summed E-state index contributed by atoms with van der Waals surface area (Å²) >= 11 is 1.65. The predicted octanol–water partition coefficient (Wildman–Crippen LogP) is 0.466. The van der Waals surface area contributed by atoms with Gasteiger partial charge in [0.25, 0.3) is 0 Å². The average Bonchev–Trinajstić information content (AvgIpc) is 3.07. The summed E-state index contributed by atoms with van der Waals surface area (Å²) < 4.78 is 1.20. The number of thiophene rings is 1. The van der Waals surface area contributed by atoms with Crippen molar-refractivity contribution in [1.29, 1.82) is 0 Å². The third kappa shape index (κ3) is 5.22. The van der Waals surface area contributed by atoms with E-state index in [4.69, 9.17) is 5.11 Å². The molecule has 2 rings (SSSR count). The van der Waals surface area contributed by atoms with Crippen LogP contribution in [0, 0.1) is 0 Å². The van der Waals surface area contributed by atoms with Crippen molar-refractivity contribution < 1.29 is 14.7 Å². The second-order valence-electron chi connectivity index (χ2n) is 4.24. The number of nitrogens with zero attached hydrogens (tertiary/aromatic N) is 3. The molecule has 9 heteroatoms. The summed E-state index contributed by atoms with van der Waals surface area (Å²) in [5.74, 6) is -0.995. The molecule has 0 saturated carbocycles. The van der Waals surface area contributed by atoms with Gasteiger partial charge in [-0.3, -0.25) is 4.79 Å². The van der Waals surface area contributed by atoms with Crippen LogP contribution in [0.2, 0.25) is 0 Å². The summed E-state index contributed by atoms with van der Waals surface area (Å²) in [6, 6.07) is 3.70. The first-order valence-corrected chi connectivity index (χ1v) is 7.16. The highest BCUT2D eigenvalue weighted by molar-refractivity contribution is 7.09. The summed E-state index contributed by atoms with van der Waals surface area (Å²) in [7, 11) is 0. The maximum atomic E-state index is 11.6. The first-order chi connectivity index (χ1) is 10.1. The number of aromatic nitrogens is 3. The molecule has 2 amide bonds. The molecule has 2 heterocycles. The normalized spacial score (nSPS) is 10.3. The molecule has 0 radical (unpaired) electrons. The van der Waals surface area contributed by atoms with E-state index in [0.29, 0.717) is 12.2 Å². The van der Waals surface area contributed by atoms with Crippen LogP contribution in [0.3, 0.4) is 0 Å². The lowest BCUT2D eigenvalue weighted by atomic mass is 10.3. The number of carbonyl (C=O) groups excluding carboxylic acids is 1. The van der Waals surface area contributed by atoms with E-state index in [0.717, 1.165) is 6.42 Å². The molecule has 8 nitrogen and oxygen atoms in total. The van der Waals surface area contributed by atoms with Gasteiger partial charge in [0, 0.05) is 11.4 Å². The maximum absolute atomic E-state index is 11.6. The molecule has 3 N–H and O–H groups in total. The lowest BCUT2D eigenvalue weighted by Crippen LogP contribution is -2.36. The number of hydrogen-bond acceptors (Lipinski definition) is 5. The van der Waals surface area contributed by atoms with Crippen molar-refractivity contribution in [3.05, 3.63) is 34.3 Å². The molecule has 2 aromatic rings. The molecular formula is C12H15N5O3S. The number of carboxylic acids is 1. The summed E-state index contributed by atoms with van der Waals surface area (Å²) in [6.45, 7) is 0.502. The third-order valence-electron chi connectivity index (χ3n) is 2.55. The van der Waals surface area contributed by atoms with E-state index in [1.54, 1.807) is 11.3 Å². The van der Waals surface area contributed by atoms with Gasteiger partial charge in [-0.15, -0.1) is 16.4 Å². The fourth-order valence-corrected chi connectivity index (χ4v) is 2.33. The van der Waals surface area contributed by atoms with E-state index in [9.17, 15) is 9.59 Å². The van der Waals surface area contributed by atoms with Crippen LogP contribution in [0.25, 0.3) is 0 Å². The van der Waals surface area contributed by atoms with Gasteiger partial charge in [-0.25, -0.2) is 9.48 Å². The van der Waals surface area contributed by atoms with Crippen molar-refractivity contribution in [2.75, 3.05) is 6.54 Å². The molecule has 2 aromatic heterocycles. The molecule has 0 spiro atoms. The second kappa shape index (κ2) is 7.39. The number of nitrogens with one attached hydrogen (secondary N) is 2. The fourth-order valence-electron chi connectivity index (χ4n) is 1.62. The van der Waals surface area contributed by atoms with Crippen molar-refractivity contribution in [2.24, 2.45) is 0 Å². The number of aliphatic carboxylic acids is 1. The first kappa shape index (κ1) is 15.0. The van der Waals surface area contributed by atoms with E-state index >= 15 is 0 Å². The predicted molar refractivity (Wildman–Crippen MR) is 75.9 cm³/mol. The van der Waals surface area contributed by atoms with Gasteiger partial charge in [0.2, 0.25) is 0 Å². The van der Waals surface area contributed by atoms with Crippen LogP contribution in [-0.2, 0) is 24.3 Å². The number of rotatable bonds is 7. The minimum atomic E-state index is -0.995. The van der Waals surface area contributed by atoms with Crippen molar-refractivity contribution in [3.8, 4) is 0 Å². The monoisotopic (exact) mass is 309 g/mol. The summed E-state index contributed by atoms with van der Waals surface area (Å²) in [5, 5.41) is 23.4. The Bertz CT molecular complexity index is 596. The Morgan fingerprint density at radius 1 is 1.38 bits per heavy atom. The number of carbonyl (C=O) groups is 2. The van der Waals surface area contributed by atoms with Crippen LogP contribution in [0.15, 0.2) is 23.7 Å². The summed E-state index contributed by atoms with van der Waals surface area (Å²) in [5.41, 5.74) is 0.504. The quantitative estimate of drug-likeness (QED) is 0.688. The molecule has 21 heavy (non-hydrogen) atoms. The summed E-state index contributed by atoms with van der Waals surface area (Å²) in [4.78, 5) is 23.3. The number of urea groups is 1. The van der Waals surface area contributed by atoms with E-state index in [1.807, 2.05) is 17.5 Å². The van der Waals surface area contributed by atoms with Crippen molar-refractivity contribution in [3.63, 3.8) is 0 Å². The molecule has 0 bridgehead atoms. The Labute approximate surface area is 124 Å². The van der Waals surface area contributed by atoms with Crippen LogP contribution in [0.1, 0.15) is 10.6 Å². The van der Waals surface area contributed by atoms with E-state index in [2.05, 4.69) is 20.9 Å². The Hall–Kier alpha value is -2.42. The Balaban J connectivity index is 1.66. The number of carboxylic acid groups (broad SMARTS) is 1. The molecular weight excluding hydrogens is 294 g/mol. The zero-order chi connectivity index (χ0) is 15.1. The number of amides is 2. The Morgan fingerprint density at radius 2 is 2.24 bits per heavy atom. The van der Waals surface area contributed by atoms with Crippen LogP contribution in [-0.4, -0.2) is 38.6 Å². The second-order valence-corrected chi connectivity index (χ2v) is 5.27. The van der Waals surface area contributed by atoms with Crippen LogP contribution >= 0.6 is 11.3 Å². The third-order valence-corrected chi connectivity index (χ3v) is 3.49. The van der Waals surface area contributed by atoms with Crippen LogP contribution < -0.4 is 10.6 Å². The van der Waals surface area contributed by atoms with Crippen LogP contribution in [0.5, 0.6) is 0 Å². The molecule has 0 unspecified atom stereocenters. The fraction of sp³-hybridized carbons (Fsp3) is 0.333. The molecule has 112 valence electrons. The highest BCUT2D eigenvalue weighted by atomic mass is 32.1. The van der Waals surface area contributed by atoms with Crippen molar-refractivity contribution in [2.45, 2.75) is 19.5 Å². The molecule has 0 aliphatic carbocycles. The molecule has 0 atom stereocenters. The van der Waals surface area contributed by atoms with E-state index in [-0.39, 0.29) is 19.1 Å². The highest BCUT2D eigenvalue weighted by Crippen LogP contribution is 2.07. The minimum Gasteiger partial charge on any atom is -0.480 e. The standard InChI is InChI=1S/C12H15N5O3S/c18-11(19)8-17-7-9(15-16-17)6-14-12(20)13-4-3-10-2-1-5-21-10/h1-2,5,7H,3-4,6,8H2,(H,18,19)(H2,13,14,20). The summed E-state index contributed by atoms with van der Waals surface area (Å²) in [6.07, 6.45) is 2.28. The zero-order valence-electron chi connectivity index (χ0n) is 11.2. The molecule has 0 saturated heterocycles. The minimum absolute atomic E-state index is 0.199. The van der Waals surface area contributed by atoms with Gasteiger partial charge in [-0.05, 0) is 17.9 Å². The topological polar surface area (TPSA) is 109 Å². The molecule has 0 aliphatic heterocycles. The molecule has 0 fully saturated rings. The smallest absolute Gasteiger partial charge is 0.325 e. The average molecular weight is 309 g/mol. The van der Waals surface area contributed by atoms with Crippen molar-refractivity contribution in [1.82, 2.24) is 25.6 Å². The van der Waals surface area contributed by atoms with Crippen LogP contribution in [0.4, 0.5) is 4.79 Å². The largest absolute Gasteiger partial charge is 0.480 e. The van der Waals surface area contributed by atoms with Gasteiger partial charge in [0.05, 0.1) is 12.7 Å². The van der Waals surface area contributed by atoms with E-state index in [1.165, 1.54) is 15.8 Å². The maximum Gasteiger partial charge on any atom is 0.325 e. The van der Waals surface area contributed by atoms with Gasteiger partial charge < -0.3 is 15.7 Å². The van der Waals surface area contributed by atoms with E-state index < -0.39 is 5.97 Å². The van der Waals surface area contributed by atoms with Gasteiger partial charge >= 0.3 is 12.0 Å². The van der Waals surface area contributed by atoms with Gasteiger partial charge in [0.15, 0.2) is 0 Å². The van der Waals surface area contributed by atoms with Crippen molar-refractivity contribution >= 4 is 23.3 Å². The Morgan fingerprint density at radius 3 is 2.95 bits per heavy atom. The molecule has 0 aliphatic rings. The first-order valence-electron chi connectivity index (χ1n) is 6.28. The lowest BCUT2D eigenvalue weighted by Gasteiger charge is -2.05.